The van der Waals surface area contributed by atoms with E-state index in [1.54, 1.807) is 0 Å². The molecular formula is C11H25N3. The summed E-state index contributed by atoms with van der Waals surface area (Å²) in [6.45, 7) is 8.01. The normalized spacial score (nSPS) is 26.4. The van der Waals surface area contributed by atoms with Crippen LogP contribution in [-0.4, -0.2) is 55.6 Å². The van der Waals surface area contributed by atoms with E-state index in [2.05, 4.69) is 37.7 Å². The first-order valence-corrected chi connectivity index (χ1v) is 5.65. The summed E-state index contributed by atoms with van der Waals surface area (Å²) in [4.78, 5) is 4.82. The predicted octanol–water partition coefficient (Wildman–Crippen LogP) is 0.606. The summed E-state index contributed by atoms with van der Waals surface area (Å²) >= 11 is 0. The first kappa shape index (κ1) is 12.0. The average Bonchev–Trinajstić information content (AvgIpc) is 2.46. The van der Waals surface area contributed by atoms with E-state index < -0.39 is 0 Å². The van der Waals surface area contributed by atoms with Crippen LogP contribution < -0.4 is 5.73 Å². The van der Waals surface area contributed by atoms with Gasteiger partial charge in [0.25, 0.3) is 0 Å². The maximum Gasteiger partial charge on any atom is 0.0246 e. The van der Waals surface area contributed by atoms with Crippen molar-refractivity contribution in [2.75, 3.05) is 33.7 Å². The van der Waals surface area contributed by atoms with Crippen LogP contribution in [0.4, 0.5) is 0 Å². The van der Waals surface area contributed by atoms with Gasteiger partial charge < -0.3 is 10.6 Å². The van der Waals surface area contributed by atoms with Crippen LogP contribution in [-0.2, 0) is 0 Å². The minimum Gasteiger partial charge on any atom is -0.326 e. The first-order chi connectivity index (χ1) is 6.50. The third-order valence-corrected chi connectivity index (χ3v) is 3.05. The van der Waals surface area contributed by atoms with Gasteiger partial charge in [0.1, 0.15) is 0 Å². The van der Waals surface area contributed by atoms with Gasteiger partial charge in [-0.05, 0) is 26.4 Å². The van der Waals surface area contributed by atoms with Gasteiger partial charge in [0.15, 0.2) is 0 Å². The van der Waals surface area contributed by atoms with E-state index in [1.165, 1.54) is 6.54 Å². The number of likely N-dealkylation sites (tertiary alicyclic amines) is 1. The molecule has 3 heteroatoms. The first-order valence-electron chi connectivity index (χ1n) is 5.65. The van der Waals surface area contributed by atoms with Gasteiger partial charge in [0, 0.05) is 31.7 Å². The molecular weight excluding hydrogens is 174 g/mol. The largest absolute Gasteiger partial charge is 0.326 e. The Morgan fingerprint density at radius 3 is 2.43 bits per heavy atom. The Morgan fingerprint density at radius 2 is 2.07 bits per heavy atom. The lowest BCUT2D eigenvalue weighted by molar-refractivity contribution is 0.151. The minimum absolute atomic E-state index is 0.401. The van der Waals surface area contributed by atoms with Crippen LogP contribution >= 0.6 is 0 Å². The van der Waals surface area contributed by atoms with Gasteiger partial charge in [-0.2, -0.15) is 0 Å². The summed E-state index contributed by atoms with van der Waals surface area (Å²) in [5.74, 6) is 0.711. The number of nitrogens with two attached hydrogens (primary N) is 1. The maximum atomic E-state index is 5.94. The standard InChI is InChI=1S/C11H25N3/c1-9(2)11(8-13(3)4)14-6-5-10(12)7-14/h9-11H,5-8,12H2,1-4H3. The Balaban J connectivity index is 2.50. The maximum absolute atomic E-state index is 5.94. The third kappa shape index (κ3) is 3.23. The number of rotatable bonds is 4. The van der Waals surface area contributed by atoms with Crippen LogP contribution in [0.25, 0.3) is 0 Å². The minimum atomic E-state index is 0.401. The van der Waals surface area contributed by atoms with Crippen molar-refractivity contribution in [2.24, 2.45) is 11.7 Å². The molecule has 0 aromatic rings. The number of hydrogen-bond donors (Lipinski definition) is 1. The summed E-state index contributed by atoms with van der Waals surface area (Å²) in [6, 6.07) is 1.07. The van der Waals surface area contributed by atoms with Gasteiger partial charge in [-0.25, -0.2) is 0 Å². The van der Waals surface area contributed by atoms with E-state index in [0.29, 0.717) is 18.0 Å². The van der Waals surface area contributed by atoms with Crippen LogP contribution in [0.15, 0.2) is 0 Å². The highest BCUT2D eigenvalue weighted by atomic mass is 15.2. The van der Waals surface area contributed by atoms with Crippen molar-refractivity contribution in [2.45, 2.75) is 32.4 Å². The Kier molecular flexibility index (Phi) is 4.35. The second kappa shape index (κ2) is 5.10. The van der Waals surface area contributed by atoms with Gasteiger partial charge in [0.05, 0.1) is 0 Å². The second-order valence-electron chi connectivity index (χ2n) is 5.12. The molecule has 0 spiro atoms. The van der Waals surface area contributed by atoms with Gasteiger partial charge in [-0.1, -0.05) is 13.8 Å². The van der Waals surface area contributed by atoms with Gasteiger partial charge in [-0.15, -0.1) is 0 Å². The molecule has 14 heavy (non-hydrogen) atoms. The molecule has 1 aliphatic rings. The molecule has 0 saturated carbocycles. The molecule has 0 bridgehead atoms. The quantitative estimate of drug-likeness (QED) is 0.720. The lowest BCUT2D eigenvalue weighted by atomic mass is 10.0. The fourth-order valence-electron chi connectivity index (χ4n) is 2.24. The predicted molar refractivity (Wildman–Crippen MR) is 61.3 cm³/mol. The molecule has 0 radical (unpaired) electrons. The van der Waals surface area contributed by atoms with Crippen LogP contribution in [0.2, 0.25) is 0 Å². The molecule has 0 amide bonds. The molecule has 3 nitrogen and oxygen atoms in total. The zero-order valence-electron chi connectivity index (χ0n) is 10.0. The van der Waals surface area contributed by atoms with Crippen molar-refractivity contribution in [1.82, 2.24) is 9.80 Å². The highest BCUT2D eigenvalue weighted by molar-refractivity contribution is 4.85. The fourth-order valence-corrected chi connectivity index (χ4v) is 2.24. The average molecular weight is 199 g/mol. The molecule has 0 aliphatic carbocycles. The van der Waals surface area contributed by atoms with Crippen LogP contribution in [0.5, 0.6) is 0 Å². The molecule has 2 N–H and O–H groups in total. The van der Waals surface area contributed by atoms with Gasteiger partial charge in [-0.3, -0.25) is 4.90 Å². The van der Waals surface area contributed by atoms with Crippen molar-refractivity contribution in [3.05, 3.63) is 0 Å². The lowest BCUT2D eigenvalue weighted by Crippen LogP contribution is -2.45. The van der Waals surface area contributed by atoms with E-state index in [4.69, 9.17) is 5.73 Å². The molecule has 1 fully saturated rings. The monoisotopic (exact) mass is 199 g/mol. The summed E-state index contributed by atoms with van der Waals surface area (Å²) < 4.78 is 0. The van der Waals surface area contributed by atoms with Crippen molar-refractivity contribution >= 4 is 0 Å². The van der Waals surface area contributed by atoms with Crippen LogP contribution in [0.1, 0.15) is 20.3 Å². The smallest absolute Gasteiger partial charge is 0.0246 e. The van der Waals surface area contributed by atoms with Crippen LogP contribution in [0.3, 0.4) is 0 Å². The molecule has 1 aliphatic heterocycles. The number of nitrogens with zero attached hydrogens (tertiary/aromatic N) is 2. The molecule has 0 aromatic carbocycles. The number of hydrogen-bond acceptors (Lipinski definition) is 3. The fraction of sp³-hybridized carbons (Fsp3) is 1.00. The Morgan fingerprint density at radius 1 is 1.43 bits per heavy atom. The topological polar surface area (TPSA) is 32.5 Å². The highest BCUT2D eigenvalue weighted by Gasteiger charge is 2.28. The van der Waals surface area contributed by atoms with E-state index in [0.717, 1.165) is 19.5 Å². The zero-order valence-corrected chi connectivity index (χ0v) is 10.0. The summed E-state index contributed by atoms with van der Waals surface area (Å²) in [7, 11) is 4.29. The van der Waals surface area contributed by atoms with Crippen molar-refractivity contribution in [3.63, 3.8) is 0 Å². The highest BCUT2D eigenvalue weighted by Crippen LogP contribution is 2.17. The molecule has 84 valence electrons. The van der Waals surface area contributed by atoms with E-state index in [9.17, 15) is 0 Å². The third-order valence-electron chi connectivity index (χ3n) is 3.05. The van der Waals surface area contributed by atoms with Crippen molar-refractivity contribution in [3.8, 4) is 0 Å². The van der Waals surface area contributed by atoms with Gasteiger partial charge in [0.2, 0.25) is 0 Å². The summed E-state index contributed by atoms with van der Waals surface area (Å²) in [5, 5.41) is 0. The molecule has 1 heterocycles. The van der Waals surface area contributed by atoms with Crippen molar-refractivity contribution in [1.29, 1.82) is 0 Å². The van der Waals surface area contributed by atoms with E-state index in [-0.39, 0.29) is 0 Å². The second-order valence-corrected chi connectivity index (χ2v) is 5.12. The molecule has 1 saturated heterocycles. The Labute approximate surface area is 88.2 Å². The summed E-state index contributed by atoms with van der Waals surface area (Å²) in [6.07, 6.45) is 1.16. The Bertz CT molecular complexity index is 168. The van der Waals surface area contributed by atoms with E-state index in [1.807, 2.05) is 0 Å². The molecule has 2 atom stereocenters. The van der Waals surface area contributed by atoms with Gasteiger partial charge >= 0.3 is 0 Å². The molecule has 0 aromatic heterocycles. The number of likely N-dealkylation sites (N-methyl/N-ethyl adjacent to an activating group) is 1. The Hall–Kier alpha value is -0.120. The van der Waals surface area contributed by atoms with Crippen LogP contribution in [0, 0.1) is 5.92 Å². The molecule has 2 unspecified atom stereocenters. The lowest BCUT2D eigenvalue weighted by Gasteiger charge is -2.33. The van der Waals surface area contributed by atoms with E-state index >= 15 is 0 Å². The SMILES string of the molecule is CC(C)C(CN(C)C)N1CCC(N)C1. The van der Waals surface area contributed by atoms with Crippen molar-refractivity contribution < 1.29 is 0 Å². The summed E-state index contributed by atoms with van der Waals surface area (Å²) in [5.41, 5.74) is 5.94. The zero-order chi connectivity index (χ0) is 10.7. The molecule has 1 rings (SSSR count).